The largest absolute Gasteiger partial charge is 0.354 e. The van der Waals surface area contributed by atoms with Crippen LogP contribution in [0.1, 0.15) is 56.2 Å². The number of carbonyl (C=O) groups is 2. The molecule has 0 radical (unpaired) electrons. The lowest BCUT2D eigenvalue weighted by Crippen LogP contribution is -2.53. The third-order valence-corrected chi connectivity index (χ3v) is 8.83. The van der Waals surface area contributed by atoms with Gasteiger partial charge in [0.1, 0.15) is 12.6 Å². The van der Waals surface area contributed by atoms with Crippen molar-refractivity contribution in [3.63, 3.8) is 0 Å². The second-order valence-electron chi connectivity index (χ2n) is 10.6. The number of amides is 2. The number of sulfonamides is 1. The molecule has 0 heterocycles. The van der Waals surface area contributed by atoms with E-state index in [1.807, 2.05) is 63.2 Å². The molecule has 1 N–H and O–H groups in total. The average molecular weight is 633 g/mol. The van der Waals surface area contributed by atoms with Gasteiger partial charge in [0, 0.05) is 35.1 Å². The van der Waals surface area contributed by atoms with Crippen LogP contribution in [0.5, 0.6) is 0 Å². The van der Waals surface area contributed by atoms with Gasteiger partial charge in [-0.3, -0.25) is 13.9 Å². The van der Waals surface area contributed by atoms with Crippen molar-refractivity contribution in [2.45, 2.75) is 58.5 Å². The molecule has 0 fully saturated rings. The molecule has 0 aliphatic heterocycles. The van der Waals surface area contributed by atoms with E-state index in [1.54, 1.807) is 30.3 Å². The lowest BCUT2D eigenvalue weighted by molar-refractivity contribution is -0.140. The van der Waals surface area contributed by atoms with Crippen molar-refractivity contribution in [2.75, 3.05) is 23.7 Å². The minimum atomic E-state index is -3.88. The van der Waals surface area contributed by atoms with Gasteiger partial charge in [-0.05, 0) is 41.7 Å². The van der Waals surface area contributed by atoms with Crippen LogP contribution >= 0.6 is 23.2 Å². The van der Waals surface area contributed by atoms with E-state index in [-0.39, 0.29) is 24.8 Å². The molecule has 0 saturated carbocycles. The smallest absolute Gasteiger partial charge is 0.244 e. The molecule has 3 aromatic carbocycles. The molecular weight excluding hydrogens is 593 g/mol. The van der Waals surface area contributed by atoms with Gasteiger partial charge in [0.15, 0.2) is 0 Å². The summed E-state index contributed by atoms with van der Waals surface area (Å²) in [4.78, 5) is 29.4. The highest BCUT2D eigenvalue weighted by molar-refractivity contribution is 7.92. The first-order valence-corrected chi connectivity index (χ1v) is 16.6. The maximum Gasteiger partial charge on any atom is 0.244 e. The standard InChI is InChI=1S/C32H39Cl2N3O4S/c1-5-6-19-35-32(39)30(20-24-13-8-7-9-14-24)36(21-26-27(33)16-12-17-28(26)34)31(38)22-37(42(4,40)41)29-18-11-10-15-25(29)23(2)3/h7-18,23,30H,5-6,19-22H2,1-4H3,(H,35,39). The van der Waals surface area contributed by atoms with Gasteiger partial charge in [0.25, 0.3) is 0 Å². The molecule has 3 aromatic rings. The van der Waals surface area contributed by atoms with E-state index in [2.05, 4.69) is 5.32 Å². The number of hydrogen-bond acceptors (Lipinski definition) is 4. The highest BCUT2D eigenvalue weighted by atomic mass is 35.5. The van der Waals surface area contributed by atoms with Gasteiger partial charge < -0.3 is 10.2 Å². The molecular formula is C32H39Cl2N3O4S. The number of halogens is 2. The predicted octanol–water partition coefficient (Wildman–Crippen LogP) is 6.44. The second kappa shape index (κ2) is 15.4. The van der Waals surface area contributed by atoms with Gasteiger partial charge >= 0.3 is 0 Å². The summed E-state index contributed by atoms with van der Waals surface area (Å²) in [6.07, 6.45) is 2.96. The maximum atomic E-state index is 14.3. The summed E-state index contributed by atoms with van der Waals surface area (Å²) in [5.74, 6) is -0.882. The molecule has 1 atom stereocenters. The predicted molar refractivity (Wildman–Crippen MR) is 172 cm³/mol. The van der Waals surface area contributed by atoms with E-state index >= 15 is 0 Å². The van der Waals surface area contributed by atoms with Crippen LogP contribution in [0.15, 0.2) is 72.8 Å². The van der Waals surface area contributed by atoms with Gasteiger partial charge in [0.2, 0.25) is 21.8 Å². The number of carbonyl (C=O) groups excluding carboxylic acids is 2. The number of nitrogens with zero attached hydrogens (tertiary/aromatic N) is 2. The summed E-state index contributed by atoms with van der Waals surface area (Å²) in [5.41, 5.74) is 2.53. The van der Waals surface area contributed by atoms with Crippen LogP contribution in [-0.4, -0.2) is 50.5 Å². The molecule has 3 rings (SSSR count). The molecule has 0 saturated heterocycles. The number of unbranched alkanes of at least 4 members (excludes halogenated alkanes) is 1. The van der Waals surface area contributed by atoms with E-state index in [1.165, 1.54) is 4.90 Å². The van der Waals surface area contributed by atoms with Crippen molar-refractivity contribution in [3.05, 3.63) is 99.5 Å². The Morgan fingerprint density at radius 3 is 2.12 bits per heavy atom. The Morgan fingerprint density at radius 1 is 0.905 bits per heavy atom. The number of nitrogens with one attached hydrogen (secondary N) is 1. The van der Waals surface area contributed by atoms with Gasteiger partial charge in [0.05, 0.1) is 11.9 Å². The minimum Gasteiger partial charge on any atom is -0.354 e. The number of benzene rings is 3. The second-order valence-corrected chi connectivity index (χ2v) is 13.3. The molecule has 0 bridgehead atoms. The van der Waals surface area contributed by atoms with Crippen LogP contribution in [0.2, 0.25) is 10.0 Å². The lowest BCUT2D eigenvalue weighted by Gasteiger charge is -2.34. The Labute approximate surface area is 259 Å². The number of hydrogen-bond donors (Lipinski definition) is 1. The average Bonchev–Trinajstić information content (AvgIpc) is 2.94. The lowest BCUT2D eigenvalue weighted by atomic mass is 10.0. The van der Waals surface area contributed by atoms with Gasteiger partial charge in [-0.25, -0.2) is 8.42 Å². The third-order valence-electron chi connectivity index (χ3n) is 7.00. The van der Waals surface area contributed by atoms with Crippen molar-refractivity contribution >= 4 is 50.7 Å². The fraction of sp³-hybridized carbons (Fsp3) is 0.375. The summed E-state index contributed by atoms with van der Waals surface area (Å²) < 4.78 is 27.4. The number of para-hydroxylation sites is 1. The molecule has 226 valence electrons. The highest BCUT2D eigenvalue weighted by Gasteiger charge is 2.34. The third kappa shape index (κ3) is 8.96. The van der Waals surface area contributed by atoms with E-state index < -0.39 is 28.5 Å². The molecule has 10 heteroatoms. The highest BCUT2D eigenvalue weighted by Crippen LogP contribution is 2.31. The van der Waals surface area contributed by atoms with E-state index in [0.29, 0.717) is 27.8 Å². The van der Waals surface area contributed by atoms with E-state index in [4.69, 9.17) is 23.2 Å². The van der Waals surface area contributed by atoms with Crippen molar-refractivity contribution in [2.24, 2.45) is 0 Å². The van der Waals surface area contributed by atoms with E-state index in [0.717, 1.165) is 34.5 Å². The van der Waals surface area contributed by atoms with Crippen molar-refractivity contribution < 1.29 is 18.0 Å². The van der Waals surface area contributed by atoms with Crippen LogP contribution in [0, 0.1) is 0 Å². The SMILES string of the molecule is CCCCNC(=O)C(Cc1ccccc1)N(Cc1c(Cl)cccc1Cl)C(=O)CN(c1ccccc1C(C)C)S(C)(=O)=O. The summed E-state index contributed by atoms with van der Waals surface area (Å²) in [5, 5.41) is 3.65. The topological polar surface area (TPSA) is 86.8 Å². The number of anilines is 1. The van der Waals surface area contributed by atoms with Crippen LogP contribution in [0.25, 0.3) is 0 Å². The summed E-state index contributed by atoms with van der Waals surface area (Å²) in [6.45, 7) is 5.81. The molecule has 1 unspecified atom stereocenters. The fourth-order valence-corrected chi connectivity index (χ4v) is 6.10. The van der Waals surface area contributed by atoms with Crippen molar-refractivity contribution in [1.82, 2.24) is 10.2 Å². The van der Waals surface area contributed by atoms with Crippen molar-refractivity contribution in [1.29, 1.82) is 0 Å². The Bertz CT molecular complexity index is 1450. The van der Waals surface area contributed by atoms with E-state index in [9.17, 15) is 18.0 Å². The quantitative estimate of drug-likeness (QED) is 0.207. The molecule has 42 heavy (non-hydrogen) atoms. The monoisotopic (exact) mass is 631 g/mol. The van der Waals surface area contributed by atoms with Crippen LogP contribution in [-0.2, 0) is 32.6 Å². The zero-order valence-corrected chi connectivity index (χ0v) is 26.8. The summed E-state index contributed by atoms with van der Waals surface area (Å²) in [6, 6.07) is 20.6. The Morgan fingerprint density at radius 2 is 1.52 bits per heavy atom. The van der Waals surface area contributed by atoms with Gasteiger partial charge in [-0.1, -0.05) is 105 Å². The van der Waals surface area contributed by atoms with Crippen LogP contribution in [0.4, 0.5) is 5.69 Å². The van der Waals surface area contributed by atoms with Crippen LogP contribution in [0.3, 0.4) is 0 Å². The molecule has 0 aliphatic rings. The van der Waals surface area contributed by atoms with Gasteiger partial charge in [-0.15, -0.1) is 0 Å². The number of rotatable bonds is 14. The first-order chi connectivity index (χ1) is 19.9. The Kier molecular flexibility index (Phi) is 12.3. The van der Waals surface area contributed by atoms with Crippen molar-refractivity contribution in [3.8, 4) is 0 Å². The summed E-state index contributed by atoms with van der Waals surface area (Å²) in [7, 11) is -3.88. The summed E-state index contributed by atoms with van der Waals surface area (Å²) >= 11 is 13.1. The zero-order valence-electron chi connectivity index (χ0n) is 24.5. The molecule has 0 aromatic heterocycles. The molecule has 0 spiro atoms. The minimum absolute atomic E-state index is 0.00811. The van der Waals surface area contributed by atoms with Crippen LogP contribution < -0.4 is 9.62 Å². The molecule has 2 amide bonds. The molecule has 0 aliphatic carbocycles. The zero-order chi connectivity index (χ0) is 30.9. The Hall–Kier alpha value is -3.07. The Balaban J connectivity index is 2.12. The fourth-order valence-electron chi connectivity index (χ4n) is 4.71. The van der Waals surface area contributed by atoms with Gasteiger partial charge in [-0.2, -0.15) is 0 Å². The first-order valence-electron chi connectivity index (χ1n) is 14.0. The normalized spacial score (nSPS) is 12.2. The molecule has 7 nitrogen and oxygen atoms in total. The maximum absolute atomic E-state index is 14.3. The first kappa shape index (κ1) is 33.4.